The minimum atomic E-state index is -0.824. The highest BCUT2D eigenvalue weighted by molar-refractivity contribution is 5.74. The number of rotatable bonds is 2. The summed E-state index contributed by atoms with van der Waals surface area (Å²) in [7, 11) is 0. The van der Waals surface area contributed by atoms with Crippen molar-refractivity contribution in [2.45, 2.75) is 18.6 Å². The second-order valence-electron chi connectivity index (χ2n) is 5.39. The van der Waals surface area contributed by atoms with Gasteiger partial charge in [0.2, 0.25) is 0 Å². The molecule has 5 N–H and O–H groups in total. The molecule has 7 heteroatoms. The number of aromatic hydroxyl groups is 1. The summed E-state index contributed by atoms with van der Waals surface area (Å²) in [6, 6.07) is 8.59. The molecule has 0 saturated carbocycles. The lowest BCUT2D eigenvalue weighted by atomic mass is 10.0. The summed E-state index contributed by atoms with van der Waals surface area (Å²) in [6.07, 6.45) is -1.09. The summed E-state index contributed by atoms with van der Waals surface area (Å²) in [5.74, 6) is 0.365. The summed E-state index contributed by atoms with van der Waals surface area (Å²) < 4.78 is 0. The second kappa shape index (κ2) is 5.78. The molecular formula is C15H18N4O3. The number of aliphatic hydroxyl groups is 2. The molecule has 1 fully saturated rings. The first-order valence-electron chi connectivity index (χ1n) is 7.09. The van der Waals surface area contributed by atoms with Gasteiger partial charge in [0.25, 0.3) is 0 Å². The van der Waals surface area contributed by atoms with Crippen LogP contribution >= 0.6 is 0 Å². The van der Waals surface area contributed by atoms with E-state index in [2.05, 4.69) is 10.2 Å². The molecule has 2 heterocycles. The molecule has 2 atom stereocenters. The topological polar surface area (TPSA) is 116 Å². The summed E-state index contributed by atoms with van der Waals surface area (Å²) in [4.78, 5) is 1.87. The number of β-amino-alcohol motifs (C(OH)–C–C–N with tert-alkyl or cyclic N) is 1. The molecule has 0 bridgehead atoms. The Balaban J connectivity index is 1.96. The van der Waals surface area contributed by atoms with Gasteiger partial charge in [-0.15, -0.1) is 10.2 Å². The number of aromatic nitrogens is 2. The normalized spacial score (nSPS) is 21.8. The molecule has 2 aromatic rings. The first-order valence-corrected chi connectivity index (χ1v) is 7.09. The van der Waals surface area contributed by atoms with Gasteiger partial charge in [0.05, 0.1) is 23.6 Å². The van der Waals surface area contributed by atoms with E-state index in [1.54, 1.807) is 30.3 Å². The van der Waals surface area contributed by atoms with E-state index in [0.717, 1.165) is 0 Å². The number of phenols is 1. The Hall–Kier alpha value is -2.38. The molecule has 3 rings (SSSR count). The van der Waals surface area contributed by atoms with Crippen molar-refractivity contribution in [2.75, 3.05) is 23.7 Å². The van der Waals surface area contributed by atoms with Gasteiger partial charge in [0.1, 0.15) is 5.75 Å². The first kappa shape index (κ1) is 14.6. The zero-order valence-corrected chi connectivity index (χ0v) is 11.9. The van der Waals surface area contributed by atoms with E-state index >= 15 is 0 Å². The lowest BCUT2D eigenvalue weighted by molar-refractivity contribution is 0.00804. The average molecular weight is 302 g/mol. The van der Waals surface area contributed by atoms with Crippen molar-refractivity contribution in [3.63, 3.8) is 0 Å². The van der Waals surface area contributed by atoms with Gasteiger partial charge in [0, 0.05) is 18.7 Å². The third-order valence-corrected chi connectivity index (χ3v) is 3.87. The van der Waals surface area contributed by atoms with Crippen LogP contribution in [0.1, 0.15) is 6.42 Å². The van der Waals surface area contributed by atoms with Gasteiger partial charge >= 0.3 is 0 Å². The Morgan fingerprint density at radius 2 is 1.91 bits per heavy atom. The number of para-hydroxylation sites is 1. The van der Waals surface area contributed by atoms with Gasteiger partial charge in [-0.05, 0) is 24.6 Å². The Bertz CT molecular complexity index is 680. The molecule has 1 aromatic carbocycles. The average Bonchev–Trinajstić information content (AvgIpc) is 2.51. The van der Waals surface area contributed by atoms with Crippen LogP contribution in [0, 0.1) is 0 Å². The molecule has 0 amide bonds. The highest BCUT2D eigenvalue weighted by Crippen LogP contribution is 2.32. The van der Waals surface area contributed by atoms with Crippen LogP contribution in [0.4, 0.5) is 11.5 Å². The molecule has 0 spiro atoms. The van der Waals surface area contributed by atoms with Gasteiger partial charge in [0.15, 0.2) is 5.82 Å². The molecule has 1 aliphatic heterocycles. The minimum Gasteiger partial charge on any atom is -0.507 e. The standard InChI is InChI=1S/C15H18N4O3/c16-15-11(19-6-5-13(21)14(22)8-19)7-10(17-18-15)9-3-1-2-4-12(9)20/h1-4,7,13-14,20-22H,5-6,8H2,(H2,16,18)/t13-,14-/m1/s1. The third-order valence-electron chi connectivity index (χ3n) is 3.87. The largest absolute Gasteiger partial charge is 0.507 e. The molecule has 1 saturated heterocycles. The molecule has 7 nitrogen and oxygen atoms in total. The van der Waals surface area contributed by atoms with Crippen LogP contribution in [-0.4, -0.2) is 50.8 Å². The maximum Gasteiger partial charge on any atom is 0.169 e. The molecule has 1 aliphatic rings. The van der Waals surface area contributed by atoms with Crippen LogP contribution in [0.15, 0.2) is 30.3 Å². The molecule has 0 unspecified atom stereocenters. The van der Waals surface area contributed by atoms with Gasteiger partial charge in [-0.1, -0.05) is 12.1 Å². The monoisotopic (exact) mass is 302 g/mol. The van der Waals surface area contributed by atoms with Crippen LogP contribution in [0.3, 0.4) is 0 Å². The van der Waals surface area contributed by atoms with Crippen LogP contribution in [0.25, 0.3) is 11.3 Å². The molecule has 22 heavy (non-hydrogen) atoms. The number of aliphatic hydroxyl groups excluding tert-OH is 2. The van der Waals surface area contributed by atoms with E-state index in [-0.39, 0.29) is 18.1 Å². The van der Waals surface area contributed by atoms with Gasteiger partial charge < -0.3 is 26.0 Å². The lowest BCUT2D eigenvalue weighted by Crippen LogP contribution is -2.47. The van der Waals surface area contributed by atoms with E-state index in [1.165, 1.54) is 0 Å². The highest BCUT2D eigenvalue weighted by atomic mass is 16.3. The number of hydrogen-bond acceptors (Lipinski definition) is 7. The number of nitrogen functional groups attached to an aromatic ring is 1. The zero-order chi connectivity index (χ0) is 15.7. The van der Waals surface area contributed by atoms with E-state index < -0.39 is 12.2 Å². The number of piperidine rings is 1. The Morgan fingerprint density at radius 1 is 1.14 bits per heavy atom. The van der Waals surface area contributed by atoms with Crippen molar-refractivity contribution in [2.24, 2.45) is 0 Å². The number of nitrogens with zero attached hydrogens (tertiary/aromatic N) is 3. The quantitative estimate of drug-likeness (QED) is 0.633. The lowest BCUT2D eigenvalue weighted by Gasteiger charge is -2.35. The van der Waals surface area contributed by atoms with Crippen molar-refractivity contribution in [1.29, 1.82) is 0 Å². The molecular weight excluding hydrogens is 284 g/mol. The zero-order valence-electron chi connectivity index (χ0n) is 11.9. The van der Waals surface area contributed by atoms with Crippen molar-refractivity contribution in [3.05, 3.63) is 30.3 Å². The smallest absolute Gasteiger partial charge is 0.169 e. The van der Waals surface area contributed by atoms with E-state index in [4.69, 9.17) is 5.73 Å². The number of hydrogen-bond donors (Lipinski definition) is 4. The predicted molar refractivity (Wildman–Crippen MR) is 82.4 cm³/mol. The van der Waals surface area contributed by atoms with Crippen LogP contribution in [0.2, 0.25) is 0 Å². The minimum absolute atomic E-state index is 0.113. The Kier molecular flexibility index (Phi) is 3.82. The predicted octanol–water partition coefficient (Wildman–Crippen LogP) is 0.363. The molecule has 0 radical (unpaired) electrons. The van der Waals surface area contributed by atoms with Crippen LogP contribution < -0.4 is 10.6 Å². The van der Waals surface area contributed by atoms with E-state index in [9.17, 15) is 15.3 Å². The molecule has 0 aliphatic carbocycles. The third kappa shape index (κ3) is 2.68. The number of nitrogens with two attached hydrogens (primary N) is 1. The van der Waals surface area contributed by atoms with Crippen molar-refractivity contribution in [3.8, 4) is 17.0 Å². The fraction of sp³-hybridized carbons (Fsp3) is 0.333. The fourth-order valence-corrected chi connectivity index (χ4v) is 2.60. The summed E-state index contributed by atoms with van der Waals surface area (Å²) >= 11 is 0. The van der Waals surface area contributed by atoms with Gasteiger partial charge in [-0.2, -0.15) is 0 Å². The number of benzene rings is 1. The summed E-state index contributed by atoms with van der Waals surface area (Å²) in [5, 5.41) is 37.3. The molecule has 1 aromatic heterocycles. The number of anilines is 2. The second-order valence-corrected chi connectivity index (χ2v) is 5.39. The van der Waals surface area contributed by atoms with E-state index in [0.29, 0.717) is 29.9 Å². The SMILES string of the molecule is Nc1nnc(-c2ccccc2O)cc1N1CC[C@@H](O)[C@H](O)C1. The van der Waals surface area contributed by atoms with Gasteiger partial charge in [-0.3, -0.25) is 0 Å². The van der Waals surface area contributed by atoms with Crippen LogP contribution in [0.5, 0.6) is 5.75 Å². The Labute approximate surface area is 127 Å². The Morgan fingerprint density at radius 3 is 2.64 bits per heavy atom. The fourth-order valence-electron chi connectivity index (χ4n) is 2.60. The van der Waals surface area contributed by atoms with Crippen molar-refractivity contribution < 1.29 is 15.3 Å². The maximum atomic E-state index is 9.93. The summed E-state index contributed by atoms with van der Waals surface area (Å²) in [6.45, 7) is 0.839. The van der Waals surface area contributed by atoms with Crippen molar-refractivity contribution in [1.82, 2.24) is 10.2 Å². The first-order chi connectivity index (χ1) is 10.6. The number of phenolic OH excluding ortho intramolecular Hbond substituents is 1. The van der Waals surface area contributed by atoms with Crippen LogP contribution in [-0.2, 0) is 0 Å². The maximum absolute atomic E-state index is 9.93. The molecule has 116 valence electrons. The van der Waals surface area contributed by atoms with Gasteiger partial charge in [-0.25, -0.2) is 0 Å². The van der Waals surface area contributed by atoms with Crippen molar-refractivity contribution >= 4 is 11.5 Å². The highest BCUT2D eigenvalue weighted by Gasteiger charge is 2.27. The summed E-state index contributed by atoms with van der Waals surface area (Å²) in [5.41, 5.74) is 7.60. The van der Waals surface area contributed by atoms with E-state index in [1.807, 2.05) is 4.90 Å².